The van der Waals surface area contributed by atoms with Crippen LogP contribution in [0.5, 0.6) is 17.2 Å². The fourth-order valence-corrected chi connectivity index (χ4v) is 4.06. The van der Waals surface area contributed by atoms with Crippen molar-refractivity contribution in [2.75, 3.05) is 20.4 Å². The summed E-state index contributed by atoms with van der Waals surface area (Å²) in [6, 6.07) is 19.0. The van der Waals surface area contributed by atoms with Crippen LogP contribution >= 0.6 is 11.6 Å². The molecule has 0 bridgehead atoms. The molecule has 0 radical (unpaired) electrons. The van der Waals surface area contributed by atoms with Gasteiger partial charge in [0, 0.05) is 18.1 Å². The maximum absolute atomic E-state index is 12.9. The highest BCUT2D eigenvalue weighted by atomic mass is 35.5. The van der Waals surface area contributed by atoms with Gasteiger partial charge in [-0.05, 0) is 60.0 Å². The molecule has 6 heteroatoms. The monoisotopic (exact) mass is 447 g/mol. The molecule has 2 aliphatic rings. The second-order valence-electron chi connectivity index (χ2n) is 7.83. The van der Waals surface area contributed by atoms with E-state index in [-0.39, 0.29) is 5.78 Å². The van der Waals surface area contributed by atoms with E-state index in [4.69, 9.17) is 25.8 Å². The molecule has 3 aromatic rings. The summed E-state index contributed by atoms with van der Waals surface area (Å²) in [5.74, 6) is 2.33. The molecule has 5 rings (SSSR count). The van der Waals surface area contributed by atoms with Crippen LogP contribution in [-0.2, 0) is 13.0 Å². The first-order valence-electron chi connectivity index (χ1n) is 10.4. The van der Waals surface area contributed by atoms with Crippen molar-refractivity contribution >= 4 is 23.5 Å². The van der Waals surface area contributed by atoms with Crippen molar-refractivity contribution < 1.29 is 19.0 Å². The largest absolute Gasteiger partial charge is 0.497 e. The minimum Gasteiger partial charge on any atom is -0.497 e. The lowest BCUT2D eigenvalue weighted by molar-refractivity contribution is 0.0950. The summed E-state index contributed by atoms with van der Waals surface area (Å²) in [6.07, 6.45) is 2.64. The summed E-state index contributed by atoms with van der Waals surface area (Å²) in [6.45, 7) is 1.99. The predicted octanol–water partition coefficient (Wildman–Crippen LogP) is 5.36. The minimum absolute atomic E-state index is 0.114. The number of ether oxygens (including phenoxy) is 3. The van der Waals surface area contributed by atoms with Crippen molar-refractivity contribution in [1.82, 2.24) is 4.90 Å². The summed E-state index contributed by atoms with van der Waals surface area (Å²) in [7, 11) is 1.62. The summed E-state index contributed by atoms with van der Waals surface area (Å²) in [5.41, 5.74) is 3.58. The van der Waals surface area contributed by atoms with Gasteiger partial charge in [-0.3, -0.25) is 9.69 Å². The SMILES string of the molecule is COc1ccc(/C=C2\Oc3c(ccc4c3CN(CCc3ccc(Cl)cc3)CO4)C2=O)cc1. The van der Waals surface area contributed by atoms with Gasteiger partial charge < -0.3 is 14.2 Å². The van der Waals surface area contributed by atoms with Crippen LogP contribution in [0.2, 0.25) is 5.02 Å². The second-order valence-corrected chi connectivity index (χ2v) is 8.27. The normalized spacial score (nSPS) is 16.3. The van der Waals surface area contributed by atoms with Crippen molar-refractivity contribution in [3.63, 3.8) is 0 Å². The van der Waals surface area contributed by atoms with Gasteiger partial charge >= 0.3 is 0 Å². The summed E-state index contributed by atoms with van der Waals surface area (Å²) in [5, 5.41) is 0.736. The average Bonchev–Trinajstić information content (AvgIpc) is 3.14. The molecule has 0 spiro atoms. The molecule has 3 aromatic carbocycles. The molecule has 5 nitrogen and oxygen atoms in total. The van der Waals surface area contributed by atoms with Gasteiger partial charge in [0.25, 0.3) is 0 Å². The number of halogens is 1. The van der Waals surface area contributed by atoms with Gasteiger partial charge in [-0.25, -0.2) is 0 Å². The van der Waals surface area contributed by atoms with E-state index in [0.29, 0.717) is 30.3 Å². The number of Topliss-reactive ketones (excluding diaryl/α,β-unsaturated/α-hetero) is 1. The molecule has 0 aliphatic carbocycles. The van der Waals surface area contributed by atoms with Gasteiger partial charge in [-0.2, -0.15) is 0 Å². The number of hydrogen-bond donors (Lipinski definition) is 0. The number of methoxy groups -OCH3 is 1. The molecule has 0 atom stereocenters. The van der Waals surface area contributed by atoms with E-state index in [0.717, 1.165) is 40.6 Å². The lowest BCUT2D eigenvalue weighted by Gasteiger charge is -2.29. The van der Waals surface area contributed by atoms with Crippen LogP contribution in [0.25, 0.3) is 6.08 Å². The van der Waals surface area contributed by atoms with E-state index >= 15 is 0 Å². The Morgan fingerprint density at radius 2 is 1.84 bits per heavy atom. The minimum atomic E-state index is -0.114. The Balaban J connectivity index is 1.34. The van der Waals surface area contributed by atoms with Crippen molar-refractivity contribution in [2.45, 2.75) is 13.0 Å². The summed E-state index contributed by atoms with van der Waals surface area (Å²) < 4.78 is 17.2. The van der Waals surface area contributed by atoms with Crippen LogP contribution in [0.15, 0.2) is 66.4 Å². The fraction of sp³-hybridized carbons (Fsp3) is 0.192. The van der Waals surface area contributed by atoms with Gasteiger partial charge in [0.15, 0.2) is 5.76 Å². The lowest BCUT2D eigenvalue weighted by atomic mass is 10.0. The third kappa shape index (κ3) is 4.09. The molecular formula is C26H22ClNO4. The fourth-order valence-electron chi connectivity index (χ4n) is 3.94. The molecule has 2 aliphatic heterocycles. The smallest absolute Gasteiger partial charge is 0.231 e. The molecule has 32 heavy (non-hydrogen) atoms. The number of benzene rings is 3. The first-order chi connectivity index (χ1) is 15.6. The molecule has 0 fully saturated rings. The number of fused-ring (bicyclic) bond motifs is 3. The molecule has 0 amide bonds. The number of nitrogens with zero attached hydrogens (tertiary/aromatic N) is 1. The Bertz CT molecular complexity index is 1190. The second kappa shape index (κ2) is 8.69. The average molecular weight is 448 g/mol. The Morgan fingerprint density at radius 1 is 1.06 bits per heavy atom. The van der Waals surface area contributed by atoms with Crippen LogP contribution in [-0.4, -0.2) is 31.1 Å². The van der Waals surface area contributed by atoms with E-state index in [1.807, 2.05) is 54.6 Å². The summed E-state index contributed by atoms with van der Waals surface area (Å²) >= 11 is 5.98. The van der Waals surface area contributed by atoms with Crippen LogP contribution in [0, 0.1) is 0 Å². The molecule has 0 saturated heterocycles. The van der Waals surface area contributed by atoms with Crippen molar-refractivity contribution in [1.29, 1.82) is 0 Å². The van der Waals surface area contributed by atoms with Crippen molar-refractivity contribution in [3.8, 4) is 17.2 Å². The number of carbonyl (C=O) groups excluding carboxylic acids is 1. The van der Waals surface area contributed by atoms with Crippen LogP contribution in [0.4, 0.5) is 0 Å². The summed E-state index contributed by atoms with van der Waals surface area (Å²) in [4.78, 5) is 15.2. The van der Waals surface area contributed by atoms with E-state index in [1.165, 1.54) is 5.56 Å². The molecule has 162 valence electrons. The number of carbonyl (C=O) groups is 1. The lowest BCUT2D eigenvalue weighted by Crippen LogP contribution is -2.33. The Hall–Kier alpha value is -3.28. The molecule has 0 aromatic heterocycles. The van der Waals surface area contributed by atoms with Crippen LogP contribution < -0.4 is 14.2 Å². The number of rotatable bonds is 5. The molecule has 0 unspecified atom stereocenters. The first kappa shape index (κ1) is 20.6. The Kier molecular flexibility index (Phi) is 5.60. The van der Waals surface area contributed by atoms with Gasteiger partial charge in [0.2, 0.25) is 5.78 Å². The topological polar surface area (TPSA) is 48.0 Å². The maximum atomic E-state index is 12.9. The zero-order valence-electron chi connectivity index (χ0n) is 17.6. The number of allylic oxidation sites excluding steroid dienone is 1. The van der Waals surface area contributed by atoms with E-state index in [1.54, 1.807) is 19.3 Å². The zero-order valence-corrected chi connectivity index (χ0v) is 18.4. The van der Waals surface area contributed by atoms with Gasteiger partial charge in [0.1, 0.15) is 24.0 Å². The maximum Gasteiger partial charge on any atom is 0.231 e. The number of ketones is 1. The third-order valence-electron chi connectivity index (χ3n) is 5.73. The highest BCUT2D eigenvalue weighted by molar-refractivity contribution is 6.30. The molecule has 0 N–H and O–H groups in total. The van der Waals surface area contributed by atoms with Gasteiger partial charge in [-0.1, -0.05) is 35.9 Å². The van der Waals surface area contributed by atoms with Crippen molar-refractivity contribution in [2.24, 2.45) is 0 Å². The quantitative estimate of drug-likeness (QED) is 0.493. The Labute approximate surface area is 191 Å². The molecule has 0 saturated carbocycles. The van der Waals surface area contributed by atoms with Gasteiger partial charge in [-0.15, -0.1) is 0 Å². The van der Waals surface area contributed by atoms with E-state index in [9.17, 15) is 4.79 Å². The highest BCUT2D eigenvalue weighted by Gasteiger charge is 2.33. The van der Waals surface area contributed by atoms with Gasteiger partial charge in [0.05, 0.1) is 18.2 Å². The zero-order chi connectivity index (χ0) is 22.1. The van der Waals surface area contributed by atoms with Crippen LogP contribution in [0.3, 0.4) is 0 Å². The molecule has 2 heterocycles. The van der Waals surface area contributed by atoms with Crippen molar-refractivity contribution in [3.05, 3.63) is 93.7 Å². The van der Waals surface area contributed by atoms with Crippen LogP contribution in [0.1, 0.15) is 27.0 Å². The van der Waals surface area contributed by atoms with E-state index < -0.39 is 0 Å². The Morgan fingerprint density at radius 3 is 2.59 bits per heavy atom. The molecular weight excluding hydrogens is 426 g/mol. The standard InChI is InChI=1S/C26H22ClNO4/c1-30-20-8-4-18(5-9-20)14-24-25(29)21-10-11-23-22(26(21)32-24)15-28(16-31-23)13-12-17-2-6-19(27)7-3-17/h2-11,14H,12-13,15-16H2,1H3/b24-14-. The first-order valence-corrected chi connectivity index (χ1v) is 10.8. The van der Waals surface area contributed by atoms with E-state index in [2.05, 4.69) is 4.90 Å². The predicted molar refractivity (Wildman–Crippen MR) is 123 cm³/mol. The third-order valence-corrected chi connectivity index (χ3v) is 5.98. The number of hydrogen-bond acceptors (Lipinski definition) is 5. The highest BCUT2D eigenvalue weighted by Crippen LogP contribution is 2.42.